The van der Waals surface area contributed by atoms with Crippen LogP contribution in [0, 0.1) is 0 Å². The van der Waals surface area contributed by atoms with Crippen LogP contribution in [0.1, 0.15) is 0 Å². The Balaban J connectivity index is 2.84. The van der Waals surface area contributed by atoms with Crippen LogP contribution in [-0.2, 0) is 9.53 Å². The van der Waals surface area contributed by atoms with Gasteiger partial charge in [-0.15, -0.1) is 0 Å². The molecule has 1 heterocycles. The number of nitrogens with two attached hydrogens (primary N) is 1. The zero-order chi connectivity index (χ0) is 11.6. The Bertz CT molecular complexity index is 337. The number of likely N-dealkylation sites (N-methyl/N-ethyl adjacent to an activating group) is 1. The van der Waals surface area contributed by atoms with Gasteiger partial charge in [0, 0.05) is 15.9 Å². The molecule has 4 nitrogen and oxygen atoms in total. The predicted octanol–water partition coefficient (Wildman–Crippen LogP) is 1.42. The second-order valence-corrected chi connectivity index (χ2v) is 5.37. The number of alkyl halides is 1. The largest absolute Gasteiger partial charge is 0.477 e. The highest BCUT2D eigenvalue weighted by Gasteiger charge is 2.33. The first-order chi connectivity index (χ1) is 6.85. The molecule has 1 unspecified atom stereocenters. The lowest BCUT2D eigenvalue weighted by molar-refractivity contribution is -0.847. The number of primary amides is 1. The van der Waals surface area contributed by atoms with E-state index in [-0.39, 0.29) is 11.6 Å². The second kappa shape index (κ2) is 4.67. The quantitative estimate of drug-likeness (QED) is 0.480. The van der Waals surface area contributed by atoms with E-state index >= 15 is 0 Å². The number of halogens is 2. The topological polar surface area (TPSA) is 52.3 Å². The van der Waals surface area contributed by atoms with E-state index in [1.807, 2.05) is 26.2 Å². The molecular weight excluding hydrogens is 328 g/mol. The molecule has 0 spiro atoms. The summed E-state index contributed by atoms with van der Waals surface area (Å²) in [6, 6.07) is 0. The van der Waals surface area contributed by atoms with Crippen molar-refractivity contribution in [3.05, 3.63) is 22.5 Å². The summed E-state index contributed by atoms with van der Waals surface area (Å²) in [6.07, 6.45) is 3.77. The molecule has 0 saturated heterocycles. The SMILES string of the molecule is C[N+]1(C)C(Br)=C(OCC(N)=O)C=CC1Br. The number of carbonyl (C=O) groups is 1. The van der Waals surface area contributed by atoms with Crippen molar-refractivity contribution in [3.8, 4) is 0 Å². The standard InChI is InChI=1S/C9H12Br2N2O2/c1-13(2)7(10)4-3-6(9(13)11)15-5-8(12)14/h3-4,7H,5H2,1-2H3,(H-,12,14)/p+1. The molecule has 1 aliphatic rings. The average Bonchev–Trinajstić information content (AvgIpc) is 2.14. The van der Waals surface area contributed by atoms with E-state index < -0.39 is 5.91 Å². The molecule has 1 rings (SSSR count). The van der Waals surface area contributed by atoms with Gasteiger partial charge in [-0.25, -0.2) is 0 Å². The highest BCUT2D eigenvalue weighted by molar-refractivity contribution is 9.11. The van der Waals surface area contributed by atoms with Gasteiger partial charge < -0.3 is 10.5 Å². The Morgan fingerprint density at radius 1 is 1.67 bits per heavy atom. The number of hydrogen-bond donors (Lipinski definition) is 1. The first-order valence-corrected chi connectivity index (χ1v) is 6.04. The van der Waals surface area contributed by atoms with Gasteiger partial charge in [0.15, 0.2) is 17.3 Å². The van der Waals surface area contributed by atoms with E-state index in [1.165, 1.54) is 0 Å². The van der Waals surface area contributed by atoms with Crippen LogP contribution in [0.4, 0.5) is 0 Å². The van der Waals surface area contributed by atoms with Crippen molar-refractivity contribution in [2.45, 2.75) is 4.95 Å². The third-order valence-electron chi connectivity index (χ3n) is 2.10. The van der Waals surface area contributed by atoms with Crippen molar-refractivity contribution in [3.63, 3.8) is 0 Å². The normalized spacial score (nSPS) is 24.1. The summed E-state index contributed by atoms with van der Waals surface area (Å²) in [7, 11) is 4.03. The fourth-order valence-corrected chi connectivity index (χ4v) is 2.20. The van der Waals surface area contributed by atoms with Crippen LogP contribution in [0.2, 0.25) is 0 Å². The van der Waals surface area contributed by atoms with E-state index in [4.69, 9.17) is 10.5 Å². The fraction of sp³-hybridized carbons (Fsp3) is 0.444. The van der Waals surface area contributed by atoms with Crippen molar-refractivity contribution < 1.29 is 14.0 Å². The Kier molecular flexibility index (Phi) is 3.97. The van der Waals surface area contributed by atoms with Gasteiger partial charge in [0.2, 0.25) is 4.61 Å². The van der Waals surface area contributed by atoms with Gasteiger partial charge in [-0.05, 0) is 28.1 Å². The molecule has 6 heteroatoms. The maximum atomic E-state index is 10.6. The number of quaternary nitrogens is 1. The van der Waals surface area contributed by atoms with Crippen LogP contribution in [0.25, 0.3) is 0 Å². The maximum absolute atomic E-state index is 10.6. The number of allylic oxidation sites excluding steroid dienone is 1. The Labute approximate surface area is 106 Å². The van der Waals surface area contributed by atoms with Gasteiger partial charge in [0.1, 0.15) is 0 Å². The summed E-state index contributed by atoms with van der Waals surface area (Å²) in [5, 5.41) is 0. The summed E-state index contributed by atoms with van der Waals surface area (Å²) in [4.78, 5) is 10.8. The molecule has 0 fully saturated rings. The molecule has 84 valence electrons. The lowest BCUT2D eigenvalue weighted by Gasteiger charge is -2.35. The molecule has 1 atom stereocenters. The first kappa shape index (κ1) is 12.7. The molecule has 1 aliphatic heterocycles. The average molecular weight is 341 g/mol. The van der Waals surface area contributed by atoms with Crippen LogP contribution in [-0.4, -0.2) is 36.0 Å². The summed E-state index contributed by atoms with van der Waals surface area (Å²) in [5.41, 5.74) is 5.01. The molecule has 0 aliphatic carbocycles. The Hall–Kier alpha value is -0.330. The van der Waals surface area contributed by atoms with E-state index in [1.54, 1.807) is 0 Å². The molecule has 15 heavy (non-hydrogen) atoms. The maximum Gasteiger partial charge on any atom is 0.255 e. The smallest absolute Gasteiger partial charge is 0.255 e. The van der Waals surface area contributed by atoms with Gasteiger partial charge in [-0.3, -0.25) is 9.28 Å². The van der Waals surface area contributed by atoms with E-state index in [0.29, 0.717) is 10.2 Å². The highest BCUT2D eigenvalue weighted by atomic mass is 79.9. The van der Waals surface area contributed by atoms with Crippen LogP contribution in [0.3, 0.4) is 0 Å². The van der Waals surface area contributed by atoms with Crippen molar-refractivity contribution in [2.24, 2.45) is 5.73 Å². The Morgan fingerprint density at radius 3 is 2.80 bits per heavy atom. The zero-order valence-electron chi connectivity index (χ0n) is 8.54. The molecule has 0 saturated carbocycles. The number of ether oxygens (including phenoxy) is 1. The number of hydrogen-bond acceptors (Lipinski definition) is 2. The molecule has 0 aromatic rings. The predicted molar refractivity (Wildman–Crippen MR) is 65.1 cm³/mol. The lowest BCUT2D eigenvalue weighted by Crippen LogP contribution is -2.44. The molecule has 2 N–H and O–H groups in total. The van der Waals surface area contributed by atoms with Gasteiger partial charge in [0.25, 0.3) is 5.91 Å². The Morgan fingerprint density at radius 2 is 2.27 bits per heavy atom. The van der Waals surface area contributed by atoms with E-state index in [9.17, 15) is 4.79 Å². The first-order valence-electron chi connectivity index (χ1n) is 4.33. The van der Waals surface area contributed by atoms with Gasteiger partial charge in [-0.2, -0.15) is 0 Å². The third kappa shape index (κ3) is 2.83. The van der Waals surface area contributed by atoms with E-state index in [0.717, 1.165) is 4.61 Å². The monoisotopic (exact) mass is 339 g/mol. The molecule has 0 aromatic heterocycles. The van der Waals surface area contributed by atoms with E-state index in [2.05, 4.69) is 31.9 Å². The summed E-state index contributed by atoms with van der Waals surface area (Å²) >= 11 is 6.99. The third-order valence-corrected chi connectivity index (χ3v) is 4.74. The minimum absolute atomic E-state index is 0.109. The lowest BCUT2D eigenvalue weighted by atomic mass is 10.3. The number of amides is 1. The molecule has 0 aromatic carbocycles. The summed E-state index contributed by atoms with van der Waals surface area (Å²) < 4.78 is 6.72. The van der Waals surface area contributed by atoms with Crippen molar-refractivity contribution >= 4 is 37.8 Å². The van der Waals surface area contributed by atoms with Crippen LogP contribution >= 0.6 is 31.9 Å². The molecule has 0 bridgehead atoms. The minimum atomic E-state index is -0.484. The highest BCUT2D eigenvalue weighted by Crippen LogP contribution is 2.33. The van der Waals surface area contributed by atoms with Crippen molar-refractivity contribution in [1.82, 2.24) is 0 Å². The summed E-state index contributed by atoms with van der Waals surface area (Å²) in [5.74, 6) is 0.150. The molecule has 1 amide bonds. The number of nitrogens with zero attached hydrogens (tertiary/aromatic N) is 1. The number of carbonyl (C=O) groups excluding carboxylic acids is 1. The van der Waals surface area contributed by atoms with Gasteiger partial charge in [0.05, 0.1) is 14.1 Å². The van der Waals surface area contributed by atoms with Crippen molar-refractivity contribution in [2.75, 3.05) is 20.7 Å². The van der Waals surface area contributed by atoms with Crippen LogP contribution in [0.5, 0.6) is 0 Å². The van der Waals surface area contributed by atoms with Crippen LogP contribution in [0.15, 0.2) is 22.5 Å². The number of rotatable bonds is 3. The summed E-state index contributed by atoms with van der Waals surface area (Å²) in [6.45, 7) is -0.109. The minimum Gasteiger partial charge on any atom is -0.477 e. The van der Waals surface area contributed by atoms with Crippen molar-refractivity contribution in [1.29, 1.82) is 0 Å². The van der Waals surface area contributed by atoms with Crippen LogP contribution < -0.4 is 5.73 Å². The van der Waals surface area contributed by atoms with Gasteiger partial charge >= 0.3 is 0 Å². The van der Waals surface area contributed by atoms with Gasteiger partial charge in [-0.1, -0.05) is 0 Å². The second-order valence-electron chi connectivity index (χ2n) is 3.68. The molecular formula is C9H13Br2N2O2+. The fourth-order valence-electron chi connectivity index (χ4n) is 1.10. The zero-order valence-corrected chi connectivity index (χ0v) is 11.7. The molecule has 0 radical (unpaired) electrons.